The lowest BCUT2D eigenvalue weighted by Gasteiger charge is -2.09. The van der Waals surface area contributed by atoms with Crippen LogP contribution in [-0.4, -0.2) is 22.5 Å². The molecule has 0 atom stereocenters. The van der Waals surface area contributed by atoms with Gasteiger partial charge in [-0.25, -0.2) is 4.79 Å². The maximum Gasteiger partial charge on any atom is 0.415 e. The van der Waals surface area contributed by atoms with E-state index < -0.39 is 29.2 Å². The Balaban J connectivity index is 2.08. The van der Waals surface area contributed by atoms with E-state index in [4.69, 9.17) is 16.5 Å². The molecule has 0 saturated heterocycles. The van der Waals surface area contributed by atoms with Crippen LogP contribution in [0.15, 0.2) is 40.8 Å². The molecule has 0 amide bonds. The van der Waals surface area contributed by atoms with Crippen LogP contribution in [-0.2, 0) is 16.1 Å². The number of esters is 1. The molecule has 1 aliphatic rings. The van der Waals surface area contributed by atoms with Crippen LogP contribution in [0.3, 0.4) is 0 Å². The van der Waals surface area contributed by atoms with Gasteiger partial charge in [-0.1, -0.05) is 30.3 Å². The van der Waals surface area contributed by atoms with Gasteiger partial charge in [0.15, 0.2) is 0 Å². The van der Waals surface area contributed by atoms with Gasteiger partial charge in [-0.2, -0.15) is 17.0 Å². The van der Waals surface area contributed by atoms with E-state index in [1.807, 2.05) is 0 Å². The standard InChI is InChI=1S/C12H9ClF3NO2S/c13-17-6-9(12(14,15)16)10(20-17)11(18)19-7-8-4-2-1-3-5-8/h1-5H,6-7H2. The van der Waals surface area contributed by atoms with Gasteiger partial charge >= 0.3 is 12.1 Å². The first kappa shape index (κ1) is 15.2. The second kappa shape index (κ2) is 6.07. The monoisotopic (exact) mass is 323 g/mol. The van der Waals surface area contributed by atoms with Crippen LogP contribution in [0, 0.1) is 0 Å². The van der Waals surface area contributed by atoms with E-state index in [1.54, 1.807) is 30.3 Å². The molecule has 1 heterocycles. The molecule has 0 aromatic heterocycles. The second-order valence-electron chi connectivity index (χ2n) is 3.93. The molecule has 0 aliphatic carbocycles. The van der Waals surface area contributed by atoms with Crippen LogP contribution >= 0.6 is 23.7 Å². The minimum Gasteiger partial charge on any atom is -0.457 e. The number of benzene rings is 1. The highest BCUT2D eigenvalue weighted by atomic mass is 35.5. The van der Waals surface area contributed by atoms with Gasteiger partial charge in [0.25, 0.3) is 0 Å². The molecular formula is C12H9ClF3NO2S. The summed E-state index contributed by atoms with van der Waals surface area (Å²) in [6.45, 7) is -0.636. The zero-order valence-electron chi connectivity index (χ0n) is 9.98. The molecule has 0 saturated carbocycles. The van der Waals surface area contributed by atoms with Gasteiger partial charge in [-0.3, -0.25) is 0 Å². The highest BCUT2D eigenvalue weighted by molar-refractivity contribution is 8.02. The summed E-state index contributed by atoms with van der Waals surface area (Å²) >= 11 is 6.04. The smallest absolute Gasteiger partial charge is 0.415 e. The highest BCUT2D eigenvalue weighted by Gasteiger charge is 2.44. The summed E-state index contributed by atoms with van der Waals surface area (Å²) in [6.07, 6.45) is -4.60. The van der Waals surface area contributed by atoms with Crippen molar-refractivity contribution in [3.63, 3.8) is 0 Å². The van der Waals surface area contributed by atoms with Gasteiger partial charge in [0.05, 0.1) is 12.1 Å². The Kier molecular flexibility index (Phi) is 4.62. The summed E-state index contributed by atoms with van der Waals surface area (Å²) in [5, 5.41) is 0. The number of nitrogens with zero attached hydrogens (tertiary/aromatic N) is 1. The lowest BCUT2D eigenvalue weighted by molar-refractivity contribution is -0.140. The summed E-state index contributed by atoms with van der Waals surface area (Å²) in [4.78, 5) is 11.2. The number of halogens is 4. The van der Waals surface area contributed by atoms with Crippen molar-refractivity contribution in [1.29, 1.82) is 0 Å². The topological polar surface area (TPSA) is 29.5 Å². The van der Waals surface area contributed by atoms with Gasteiger partial charge in [0.2, 0.25) is 0 Å². The summed E-state index contributed by atoms with van der Waals surface area (Å²) in [5.74, 6) is -1.02. The van der Waals surface area contributed by atoms with Crippen LogP contribution in [0.1, 0.15) is 5.56 Å². The Hall–Kier alpha value is -1.18. The van der Waals surface area contributed by atoms with E-state index in [2.05, 4.69) is 0 Å². The molecule has 0 unspecified atom stereocenters. The molecule has 0 fully saturated rings. The SMILES string of the molecule is O=C(OCc1ccccc1)C1=C(C(F)(F)F)CN(Cl)S1. The van der Waals surface area contributed by atoms with Crippen molar-refractivity contribution in [3.05, 3.63) is 46.4 Å². The van der Waals surface area contributed by atoms with Crippen molar-refractivity contribution in [1.82, 2.24) is 3.82 Å². The van der Waals surface area contributed by atoms with Gasteiger partial charge < -0.3 is 4.74 Å². The molecule has 0 spiro atoms. The highest BCUT2D eigenvalue weighted by Crippen LogP contribution is 2.42. The number of carbonyl (C=O) groups is 1. The predicted octanol–water partition coefficient (Wildman–Crippen LogP) is 3.66. The Bertz CT molecular complexity index is 533. The number of hydrogen-bond donors (Lipinski definition) is 0. The number of rotatable bonds is 3. The summed E-state index contributed by atoms with van der Waals surface area (Å²) < 4.78 is 43.9. The fourth-order valence-electron chi connectivity index (χ4n) is 1.55. The fourth-order valence-corrected chi connectivity index (χ4v) is 2.69. The van der Waals surface area contributed by atoms with E-state index in [0.717, 1.165) is 3.82 Å². The fraction of sp³-hybridized carbons (Fsp3) is 0.250. The van der Waals surface area contributed by atoms with Crippen molar-refractivity contribution in [2.24, 2.45) is 0 Å². The van der Waals surface area contributed by atoms with Gasteiger partial charge in [-0.15, -0.1) is 0 Å². The van der Waals surface area contributed by atoms with Crippen LogP contribution in [0.5, 0.6) is 0 Å². The Morgan fingerprint density at radius 2 is 2.00 bits per heavy atom. The first-order valence-electron chi connectivity index (χ1n) is 5.50. The molecule has 20 heavy (non-hydrogen) atoms. The molecular weight excluding hydrogens is 315 g/mol. The van der Waals surface area contributed by atoms with E-state index >= 15 is 0 Å². The third kappa shape index (κ3) is 3.68. The predicted molar refractivity (Wildman–Crippen MR) is 69.5 cm³/mol. The van der Waals surface area contributed by atoms with E-state index in [0.29, 0.717) is 17.5 Å². The maximum absolute atomic E-state index is 12.7. The number of hydrogen-bond acceptors (Lipinski definition) is 4. The van der Waals surface area contributed by atoms with E-state index in [9.17, 15) is 18.0 Å². The molecule has 108 valence electrons. The molecule has 1 aromatic rings. The quantitative estimate of drug-likeness (QED) is 0.482. The molecule has 3 nitrogen and oxygen atoms in total. The van der Waals surface area contributed by atoms with Crippen molar-refractivity contribution >= 4 is 29.7 Å². The van der Waals surface area contributed by atoms with Crippen molar-refractivity contribution in [2.75, 3.05) is 6.54 Å². The van der Waals surface area contributed by atoms with E-state index in [1.165, 1.54) is 0 Å². The van der Waals surface area contributed by atoms with Crippen molar-refractivity contribution in [3.8, 4) is 0 Å². The number of carbonyl (C=O) groups excluding carboxylic acids is 1. The molecule has 0 radical (unpaired) electrons. The first-order chi connectivity index (χ1) is 9.38. The lowest BCUT2D eigenvalue weighted by atomic mass is 10.2. The van der Waals surface area contributed by atoms with Crippen molar-refractivity contribution in [2.45, 2.75) is 12.8 Å². The molecule has 8 heteroatoms. The average molecular weight is 324 g/mol. The molecule has 0 N–H and O–H groups in total. The third-order valence-electron chi connectivity index (χ3n) is 2.49. The second-order valence-corrected chi connectivity index (χ2v) is 5.57. The number of alkyl halides is 3. The first-order valence-corrected chi connectivity index (χ1v) is 6.62. The van der Waals surface area contributed by atoms with Gasteiger partial charge in [0.1, 0.15) is 11.5 Å². The number of ether oxygens (including phenoxy) is 1. The Morgan fingerprint density at radius 1 is 1.35 bits per heavy atom. The van der Waals surface area contributed by atoms with Crippen LogP contribution < -0.4 is 0 Å². The zero-order chi connectivity index (χ0) is 14.8. The summed E-state index contributed by atoms with van der Waals surface area (Å²) in [5.41, 5.74) is -0.281. The van der Waals surface area contributed by atoms with Crippen LogP contribution in [0.4, 0.5) is 13.2 Å². The molecule has 1 aromatic carbocycles. The Morgan fingerprint density at radius 3 is 2.60 bits per heavy atom. The lowest BCUT2D eigenvalue weighted by Crippen LogP contribution is -2.18. The summed E-state index contributed by atoms with van der Waals surface area (Å²) in [7, 11) is 0. The zero-order valence-corrected chi connectivity index (χ0v) is 11.6. The molecule has 1 aliphatic heterocycles. The minimum absolute atomic E-state index is 0.0862. The maximum atomic E-state index is 12.7. The summed E-state index contributed by atoms with van der Waals surface area (Å²) in [6, 6.07) is 8.69. The Labute approximate surface area is 122 Å². The van der Waals surface area contributed by atoms with E-state index in [-0.39, 0.29) is 6.61 Å². The normalized spacial score (nSPS) is 16.6. The molecule has 0 bridgehead atoms. The average Bonchev–Trinajstić information content (AvgIpc) is 2.79. The molecule has 2 rings (SSSR count). The largest absolute Gasteiger partial charge is 0.457 e. The third-order valence-corrected chi connectivity index (χ3v) is 3.74. The van der Waals surface area contributed by atoms with Crippen molar-refractivity contribution < 1.29 is 22.7 Å². The van der Waals surface area contributed by atoms with Gasteiger partial charge in [0, 0.05) is 0 Å². The van der Waals surface area contributed by atoms with Crippen LogP contribution in [0.2, 0.25) is 0 Å². The minimum atomic E-state index is -4.60. The van der Waals surface area contributed by atoms with Gasteiger partial charge in [-0.05, 0) is 29.3 Å². The van der Waals surface area contributed by atoms with Crippen LogP contribution in [0.25, 0.3) is 0 Å².